The Bertz CT molecular complexity index is 819. The Morgan fingerprint density at radius 2 is 2.00 bits per heavy atom. The highest BCUT2D eigenvalue weighted by Crippen LogP contribution is 2.21. The number of hydrogen-bond acceptors (Lipinski definition) is 6. The number of aromatic nitrogens is 2. The molecule has 0 fully saturated rings. The average molecular weight is 354 g/mol. The lowest BCUT2D eigenvalue weighted by atomic mass is 10.1. The van der Waals surface area contributed by atoms with Crippen LogP contribution in [0.1, 0.15) is 15.2 Å². The summed E-state index contributed by atoms with van der Waals surface area (Å²) in [6.45, 7) is 0.562. The van der Waals surface area contributed by atoms with Gasteiger partial charge in [0.1, 0.15) is 16.4 Å². The third-order valence-corrected chi connectivity index (χ3v) is 4.40. The Balaban J connectivity index is 1.49. The van der Waals surface area contributed by atoms with Gasteiger partial charge in [-0.3, -0.25) is 4.79 Å². The molecular formula is C18H18N4O2S. The third kappa shape index (κ3) is 4.77. The van der Waals surface area contributed by atoms with E-state index in [2.05, 4.69) is 20.6 Å². The summed E-state index contributed by atoms with van der Waals surface area (Å²) in [5, 5.41) is 6.62. The Kier molecular flexibility index (Phi) is 5.58. The summed E-state index contributed by atoms with van der Waals surface area (Å²) in [7, 11) is 1.64. The second-order valence-corrected chi connectivity index (χ2v) is 6.25. The molecule has 2 heterocycles. The van der Waals surface area contributed by atoms with Crippen molar-refractivity contribution in [2.75, 3.05) is 19.0 Å². The van der Waals surface area contributed by atoms with Crippen molar-refractivity contribution in [1.82, 2.24) is 15.3 Å². The van der Waals surface area contributed by atoms with Crippen LogP contribution in [0.25, 0.3) is 0 Å². The number of nitrogens with zero attached hydrogens (tertiary/aromatic N) is 2. The van der Waals surface area contributed by atoms with E-state index >= 15 is 0 Å². The lowest BCUT2D eigenvalue weighted by Gasteiger charge is -2.05. The number of amides is 1. The van der Waals surface area contributed by atoms with E-state index in [1.165, 1.54) is 11.3 Å². The van der Waals surface area contributed by atoms with E-state index in [0.29, 0.717) is 22.4 Å². The summed E-state index contributed by atoms with van der Waals surface area (Å²) in [5.74, 6) is 1.40. The fourth-order valence-electron chi connectivity index (χ4n) is 2.18. The van der Waals surface area contributed by atoms with Gasteiger partial charge in [-0.05, 0) is 36.2 Å². The molecule has 0 unspecified atom stereocenters. The Morgan fingerprint density at radius 1 is 1.16 bits per heavy atom. The van der Waals surface area contributed by atoms with Crippen molar-refractivity contribution >= 4 is 28.2 Å². The van der Waals surface area contributed by atoms with Crippen LogP contribution in [0.3, 0.4) is 0 Å². The molecule has 0 atom stereocenters. The van der Waals surface area contributed by atoms with Crippen molar-refractivity contribution < 1.29 is 9.53 Å². The van der Waals surface area contributed by atoms with Crippen LogP contribution in [0.4, 0.5) is 10.9 Å². The van der Waals surface area contributed by atoms with Crippen LogP contribution >= 0.6 is 11.3 Å². The molecular weight excluding hydrogens is 336 g/mol. The van der Waals surface area contributed by atoms with Gasteiger partial charge in [0.15, 0.2) is 5.13 Å². The summed E-state index contributed by atoms with van der Waals surface area (Å²) in [6.07, 6.45) is 4.02. The second-order valence-electron chi connectivity index (χ2n) is 5.22. The molecule has 0 saturated carbocycles. The summed E-state index contributed by atoms with van der Waals surface area (Å²) < 4.78 is 5.13. The topological polar surface area (TPSA) is 76.1 Å². The fraction of sp³-hybridized carbons (Fsp3) is 0.167. The Hall–Kier alpha value is -2.93. The summed E-state index contributed by atoms with van der Waals surface area (Å²) in [5.41, 5.74) is 1.14. The van der Waals surface area contributed by atoms with Crippen LogP contribution in [0.2, 0.25) is 0 Å². The van der Waals surface area contributed by atoms with E-state index in [-0.39, 0.29) is 5.91 Å². The summed E-state index contributed by atoms with van der Waals surface area (Å²) in [6, 6.07) is 13.4. The lowest BCUT2D eigenvalue weighted by molar-refractivity contribution is 0.0958. The largest absolute Gasteiger partial charge is 0.497 e. The molecule has 3 aromatic rings. The molecule has 0 aliphatic rings. The molecule has 0 radical (unpaired) electrons. The number of benzene rings is 1. The Labute approximate surface area is 149 Å². The van der Waals surface area contributed by atoms with Crippen molar-refractivity contribution in [3.63, 3.8) is 0 Å². The number of ether oxygens (including phenoxy) is 1. The van der Waals surface area contributed by atoms with Crippen LogP contribution in [-0.4, -0.2) is 29.5 Å². The summed E-state index contributed by atoms with van der Waals surface area (Å²) in [4.78, 5) is 21.1. The Morgan fingerprint density at radius 3 is 2.72 bits per heavy atom. The summed E-state index contributed by atoms with van der Waals surface area (Å²) >= 11 is 1.30. The predicted octanol–water partition coefficient (Wildman–Crippen LogP) is 3.26. The molecule has 2 N–H and O–H groups in total. The van der Waals surface area contributed by atoms with E-state index in [1.807, 2.05) is 42.5 Å². The van der Waals surface area contributed by atoms with Gasteiger partial charge < -0.3 is 15.4 Å². The van der Waals surface area contributed by atoms with Crippen LogP contribution in [0, 0.1) is 0 Å². The standard InChI is InChI=1S/C18H18N4O2S/c1-24-14-7-5-13(6-8-14)9-11-20-17(23)15-12-21-18(25-15)22-16-4-2-3-10-19-16/h2-8,10,12H,9,11H2,1H3,(H,20,23)(H,19,21,22). The van der Waals surface area contributed by atoms with Crippen LogP contribution in [0.15, 0.2) is 54.9 Å². The molecule has 6 nitrogen and oxygen atoms in total. The number of pyridine rings is 1. The van der Waals surface area contributed by atoms with Gasteiger partial charge in [-0.1, -0.05) is 29.5 Å². The van der Waals surface area contributed by atoms with Gasteiger partial charge >= 0.3 is 0 Å². The molecule has 1 aromatic carbocycles. The minimum atomic E-state index is -0.125. The number of hydrogen-bond donors (Lipinski definition) is 2. The van der Waals surface area contributed by atoms with Gasteiger partial charge in [0.2, 0.25) is 0 Å². The van der Waals surface area contributed by atoms with Crippen molar-refractivity contribution in [1.29, 1.82) is 0 Å². The number of nitrogens with one attached hydrogen (secondary N) is 2. The van der Waals surface area contributed by atoms with E-state index in [0.717, 1.165) is 17.7 Å². The van der Waals surface area contributed by atoms with Crippen molar-refractivity contribution in [3.8, 4) is 5.75 Å². The average Bonchev–Trinajstić information content (AvgIpc) is 3.12. The predicted molar refractivity (Wildman–Crippen MR) is 98.7 cm³/mol. The first-order chi connectivity index (χ1) is 12.2. The molecule has 0 aliphatic carbocycles. The number of thiazole rings is 1. The van der Waals surface area contributed by atoms with Crippen LogP contribution in [-0.2, 0) is 6.42 Å². The number of carbonyl (C=O) groups excluding carboxylic acids is 1. The number of rotatable bonds is 7. The van der Waals surface area contributed by atoms with E-state index in [9.17, 15) is 4.79 Å². The van der Waals surface area contributed by atoms with Gasteiger partial charge in [0, 0.05) is 12.7 Å². The minimum absolute atomic E-state index is 0.125. The zero-order chi connectivity index (χ0) is 17.5. The molecule has 2 aromatic heterocycles. The maximum atomic E-state index is 12.2. The van der Waals surface area contributed by atoms with E-state index < -0.39 is 0 Å². The van der Waals surface area contributed by atoms with Gasteiger partial charge in [0.25, 0.3) is 5.91 Å². The number of methoxy groups -OCH3 is 1. The zero-order valence-electron chi connectivity index (χ0n) is 13.7. The fourth-order valence-corrected chi connectivity index (χ4v) is 2.92. The highest BCUT2D eigenvalue weighted by Gasteiger charge is 2.10. The lowest BCUT2D eigenvalue weighted by Crippen LogP contribution is -2.24. The van der Waals surface area contributed by atoms with Crippen molar-refractivity contribution in [3.05, 3.63) is 65.3 Å². The molecule has 0 spiro atoms. The van der Waals surface area contributed by atoms with Crippen molar-refractivity contribution in [2.45, 2.75) is 6.42 Å². The smallest absolute Gasteiger partial charge is 0.263 e. The molecule has 3 rings (SSSR count). The SMILES string of the molecule is COc1ccc(CCNC(=O)c2cnc(Nc3ccccn3)s2)cc1. The number of anilines is 2. The van der Waals surface area contributed by atoms with Gasteiger partial charge in [-0.25, -0.2) is 9.97 Å². The molecule has 1 amide bonds. The molecule has 0 aliphatic heterocycles. The molecule has 7 heteroatoms. The van der Waals surface area contributed by atoms with Gasteiger partial charge in [-0.2, -0.15) is 0 Å². The van der Waals surface area contributed by atoms with E-state index in [1.54, 1.807) is 19.5 Å². The van der Waals surface area contributed by atoms with Crippen LogP contribution in [0.5, 0.6) is 5.75 Å². The van der Waals surface area contributed by atoms with Crippen LogP contribution < -0.4 is 15.4 Å². The molecule has 128 valence electrons. The highest BCUT2D eigenvalue weighted by molar-refractivity contribution is 7.17. The number of carbonyl (C=O) groups is 1. The zero-order valence-corrected chi connectivity index (χ0v) is 14.5. The molecule has 25 heavy (non-hydrogen) atoms. The quantitative estimate of drug-likeness (QED) is 0.681. The maximum absolute atomic E-state index is 12.2. The monoisotopic (exact) mass is 354 g/mol. The maximum Gasteiger partial charge on any atom is 0.263 e. The van der Waals surface area contributed by atoms with Gasteiger partial charge in [-0.15, -0.1) is 0 Å². The first kappa shape index (κ1) is 16.9. The molecule has 0 bridgehead atoms. The second kappa shape index (κ2) is 8.25. The van der Waals surface area contributed by atoms with Crippen molar-refractivity contribution in [2.24, 2.45) is 0 Å². The molecule has 0 saturated heterocycles. The highest BCUT2D eigenvalue weighted by atomic mass is 32.1. The first-order valence-electron chi connectivity index (χ1n) is 7.79. The third-order valence-electron chi connectivity index (χ3n) is 3.49. The van der Waals surface area contributed by atoms with Gasteiger partial charge in [0.05, 0.1) is 13.3 Å². The van der Waals surface area contributed by atoms with E-state index in [4.69, 9.17) is 4.74 Å². The minimum Gasteiger partial charge on any atom is -0.497 e. The first-order valence-corrected chi connectivity index (χ1v) is 8.61. The normalized spacial score (nSPS) is 10.3.